The molecule has 0 N–H and O–H groups in total. The molecule has 24 heavy (non-hydrogen) atoms. The molecule has 3 aliphatic rings. The molecule has 3 fully saturated rings. The summed E-state index contributed by atoms with van der Waals surface area (Å²) in [6.45, 7) is 3.61. The largest absolute Gasteiger partial charge is 0.433 e. The summed E-state index contributed by atoms with van der Waals surface area (Å²) in [4.78, 5) is 6.07. The summed E-state index contributed by atoms with van der Waals surface area (Å²) in [5.74, 6) is 1.21. The minimum absolute atomic E-state index is 0.441. The van der Waals surface area contributed by atoms with Crippen LogP contribution in [0, 0.1) is 18.8 Å². The minimum Gasteiger partial charge on any atom is -0.370 e. The van der Waals surface area contributed by atoms with E-state index in [-0.39, 0.29) is 0 Å². The van der Waals surface area contributed by atoms with Crippen molar-refractivity contribution in [3.63, 3.8) is 0 Å². The lowest BCUT2D eigenvalue weighted by molar-refractivity contribution is -0.140. The van der Waals surface area contributed by atoms with E-state index in [1.165, 1.54) is 31.7 Å². The maximum Gasteiger partial charge on any atom is 0.433 e. The standard InChI is InChI=1S/C19H21F3N2/c1-12-2-7-15-16(8-12)23-18(19(20,21)22)9-17(15)24-10-13-3-4-14(11-24)6-5-13/h2,7-9,13-14H,3-6,10-11H2,1H3. The molecule has 1 aromatic carbocycles. The number of hydrogen-bond acceptors (Lipinski definition) is 2. The number of hydrogen-bond donors (Lipinski definition) is 0. The van der Waals surface area contributed by atoms with Crippen LogP contribution in [0.4, 0.5) is 18.9 Å². The summed E-state index contributed by atoms with van der Waals surface area (Å²) in [6.07, 6.45) is 0.396. The number of aryl methyl sites for hydroxylation is 1. The van der Waals surface area contributed by atoms with E-state index >= 15 is 0 Å². The molecular weight excluding hydrogens is 313 g/mol. The van der Waals surface area contributed by atoms with E-state index in [1.54, 1.807) is 6.07 Å². The van der Waals surface area contributed by atoms with Crippen molar-refractivity contribution >= 4 is 16.6 Å². The van der Waals surface area contributed by atoms with Crippen LogP contribution in [0.5, 0.6) is 0 Å². The zero-order valence-electron chi connectivity index (χ0n) is 13.7. The van der Waals surface area contributed by atoms with Gasteiger partial charge in [-0.1, -0.05) is 12.1 Å². The van der Waals surface area contributed by atoms with E-state index in [2.05, 4.69) is 9.88 Å². The topological polar surface area (TPSA) is 16.1 Å². The van der Waals surface area contributed by atoms with Crippen molar-refractivity contribution in [3.05, 3.63) is 35.5 Å². The summed E-state index contributed by atoms with van der Waals surface area (Å²) >= 11 is 0. The van der Waals surface area contributed by atoms with E-state index in [1.807, 2.05) is 19.1 Å². The number of aromatic nitrogens is 1. The molecule has 5 heteroatoms. The van der Waals surface area contributed by atoms with Gasteiger partial charge < -0.3 is 4.90 Å². The SMILES string of the molecule is Cc1ccc2c(N3CC4CCC(CC4)C3)cc(C(F)(F)F)nc2c1. The highest BCUT2D eigenvalue weighted by Crippen LogP contribution is 2.40. The maximum atomic E-state index is 13.3. The number of alkyl halides is 3. The number of anilines is 1. The quantitative estimate of drug-likeness (QED) is 0.713. The molecule has 2 aliphatic heterocycles. The van der Waals surface area contributed by atoms with Crippen molar-refractivity contribution in [1.82, 2.24) is 4.98 Å². The van der Waals surface area contributed by atoms with Crippen LogP contribution in [0.15, 0.2) is 24.3 Å². The smallest absolute Gasteiger partial charge is 0.370 e. The summed E-state index contributed by atoms with van der Waals surface area (Å²) in [5, 5.41) is 0.829. The number of fused-ring (bicyclic) bond motifs is 5. The van der Waals surface area contributed by atoms with Gasteiger partial charge in [-0.3, -0.25) is 0 Å². The molecule has 0 amide bonds. The van der Waals surface area contributed by atoms with Crippen LogP contribution in [-0.4, -0.2) is 18.1 Å². The fraction of sp³-hybridized carbons (Fsp3) is 0.526. The molecule has 1 aliphatic carbocycles. The Morgan fingerprint density at radius 3 is 2.21 bits per heavy atom. The number of pyridine rings is 1. The second kappa shape index (κ2) is 5.64. The van der Waals surface area contributed by atoms with E-state index in [0.717, 1.165) is 24.0 Å². The molecule has 2 saturated heterocycles. The third-order valence-corrected chi connectivity index (χ3v) is 5.50. The number of rotatable bonds is 1. The van der Waals surface area contributed by atoms with Gasteiger partial charge in [0.05, 0.1) is 5.52 Å². The zero-order valence-corrected chi connectivity index (χ0v) is 13.7. The van der Waals surface area contributed by atoms with E-state index in [9.17, 15) is 13.2 Å². The molecule has 0 spiro atoms. The van der Waals surface area contributed by atoms with Crippen molar-refractivity contribution in [2.45, 2.75) is 38.8 Å². The Morgan fingerprint density at radius 1 is 1.00 bits per heavy atom. The first-order chi connectivity index (χ1) is 11.4. The highest BCUT2D eigenvalue weighted by molar-refractivity contribution is 5.92. The van der Waals surface area contributed by atoms with Crippen LogP contribution in [0.1, 0.15) is 36.9 Å². The predicted molar refractivity (Wildman–Crippen MR) is 89.1 cm³/mol. The molecule has 5 rings (SSSR count). The van der Waals surface area contributed by atoms with Gasteiger partial charge in [0.15, 0.2) is 0 Å². The second-order valence-electron chi connectivity index (χ2n) is 7.34. The van der Waals surface area contributed by atoms with Gasteiger partial charge >= 0.3 is 6.18 Å². The summed E-state index contributed by atoms with van der Waals surface area (Å²) in [7, 11) is 0. The Labute approximate surface area is 139 Å². The van der Waals surface area contributed by atoms with Gasteiger partial charge in [-0.05, 0) is 62.1 Å². The fourth-order valence-electron chi connectivity index (χ4n) is 4.22. The zero-order chi connectivity index (χ0) is 16.9. The van der Waals surface area contributed by atoms with Gasteiger partial charge in [0.25, 0.3) is 0 Å². The van der Waals surface area contributed by atoms with Gasteiger partial charge in [-0.25, -0.2) is 4.98 Å². The lowest BCUT2D eigenvalue weighted by atomic mass is 9.84. The van der Waals surface area contributed by atoms with Gasteiger partial charge in [-0.2, -0.15) is 13.2 Å². The van der Waals surface area contributed by atoms with Crippen LogP contribution in [-0.2, 0) is 6.18 Å². The van der Waals surface area contributed by atoms with Crippen molar-refractivity contribution in [1.29, 1.82) is 0 Å². The molecule has 128 valence electrons. The van der Waals surface area contributed by atoms with Crippen LogP contribution in [0.3, 0.4) is 0 Å². The molecule has 3 heterocycles. The summed E-state index contributed by atoms with van der Waals surface area (Å²) in [6, 6.07) is 6.87. The second-order valence-corrected chi connectivity index (χ2v) is 7.34. The normalized spacial score (nSPS) is 24.4. The first-order valence-corrected chi connectivity index (χ1v) is 8.64. The Bertz CT molecular complexity index is 747. The third-order valence-electron chi connectivity index (χ3n) is 5.50. The third kappa shape index (κ3) is 2.85. The molecular formula is C19H21F3N2. The molecule has 0 unspecified atom stereocenters. The summed E-state index contributed by atoms with van der Waals surface area (Å²) < 4.78 is 40.0. The number of benzene rings is 1. The van der Waals surface area contributed by atoms with Gasteiger partial charge in [0, 0.05) is 24.2 Å². The van der Waals surface area contributed by atoms with E-state index in [0.29, 0.717) is 23.0 Å². The Hall–Kier alpha value is -1.78. The van der Waals surface area contributed by atoms with Crippen LogP contribution < -0.4 is 4.90 Å². The van der Waals surface area contributed by atoms with Crippen LogP contribution in [0.25, 0.3) is 10.9 Å². The van der Waals surface area contributed by atoms with Gasteiger partial charge in [-0.15, -0.1) is 0 Å². The molecule has 0 radical (unpaired) electrons. The van der Waals surface area contributed by atoms with Crippen molar-refractivity contribution in [2.24, 2.45) is 11.8 Å². The Balaban J connectivity index is 1.86. The molecule has 0 atom stereocenters. The maximum absolute atomic E-state index is 13.3. The fourth-order valence-corrected chi connectivity index (χ4v) is 4.22. The highest BCUT2D eigenvalue weighted by atomic mass is 19.4. The first-order valence-electron chi connectivity index (χ1n) is 8.64. The van der Waals surface area contributed by atoms with Crippen molar-refractivity contribution in [2.75, 3.05) is 18.0 Å². The lowest BCUT2D eigenvalue weighted by Crippen LogP contribution is -2.29. The number of nitrogens with zero attached hydrogens (tertiary/aromatic N) is 2. The molecule has 2 bridgehead atoms. The van der Waals surface area contributed by atoms with Gasteiger partial charge in [0.1, 0.15) is 5.69 Å². The Kier molecular flexibility index (Phi) is 3.70. The van der Waals surface area contributed by atoms with Crippen LogP contribution >= 0.6 is 0 Å². The average molecular weight is 334 g/mol. The van der Waals surface area contributed by atoms with Gasteiger partial charge in [0.2, 0.25) is 0 Å². The molecule has 1 saturated carbocycles. The summed E-state index contributed by atoms with van der Waals surface area (Å²) in [5.41, 5.74) is 1.28. The van der Waals surface area contributed by atoms with Crippen LogP contribution in [0.2, 0.25) is 0 Å². The molecule has 2 nitrogen and oxygen atoms in total. The van der Waals surface area contributed by atoms with E-state index < -0.39 is 11.9 Å². The highest BCUT2D eigenvalue weighted by Gasteiger charge is 2.35. The predicted octanol–water partition coefficient (Wildman–Crippen LogP) is 5.19. The minimum atomic E-state index is -4.42. The number of halogens is 3. The first kappa shape index (κ1) is 15.7. The van der Waals surface area contributed by atoms with Crippen molar-refractivity contribution < 1.29 is 13.2 Å². The van der Waals surface area contributed by atoms with Crippen molar-refractivity contribution in [3.8, 4) is 0 Å². The lowest BCUT2D eigenvalue weighted by Gasteiger charge is -2.27. The average Bonchev–Trinajstić information content (AvgIpc) is 2.86. The monoisotopic (exact) mass is 334 g/mol. The molecule has 1 aromatic heterocycles. The molecule has 2 aromatic rings. The van der Waals surface area contributed by atoms with E-state index in [4.69, 9.17) is 0 Å². The Morgan fingerprint density at radius 2 is 1.62 bits per heavy atom.